The van der Waals surface area contributed by atoms with E-state index in [1.807, 2.05) is 32.9 Å². The Morgan fingerprint density at radius 3 is 2.68 bits per heavy atom. The maximum Gasteiger partial charge on any atom is 0.239 e. The van der Waals surface area contributed by atoms with E-state index in [1.165, 1.54) is 0 Å². The first-order valence-corrected chi connectivity index (χ1v) is 7.08. The summed E-state index contributed by atoms with van der Waals surface area (Å²) in [6, 6.07) is 3.72. The normalized spacial score (nSPS) is 11.8. The Morgan fingerprint density at radius 1 is 1.36 bits per heavy atom. The predicted molar refractivity (Wildman–Crippen MR) is 86.9 cm³/mol. The van der Waals surface area contributed by atoms with Gasteiger partial charge in [-0.05, 0) is 32.4 Å². The molecule has 0 saturated carbocycles. The maximum absolute atomic E-state index is 11.8. The van der Waals surface area contributed by atoms with Crippen LogP contribution >= 0.6 is 0 Å². The van der Waals surface area contributed by atoms with Gasteiger partial charge in [-0.15, -0.1) is 0 Å². The van der Waals surface area contributed by atoms with Crippen LogP contribution in [0.4, 0.5) is 0 Å². The third-order valence-electron chi connectivity index (χ3n) is 2.62. The molecule has 3 N–H and O–H groups in total. The van der Waals surface area contributed by atoms with Crippen molar-refractivity contribution in [2.75, 3.05) is 20.7 Å². The zero-order valence-electron chi connectivity index (χ0n) is 13.9. The number of amides is 1. The minimum absolute atomic E-state index is 0.0824. The van der Waals surface area contributed by atoms with Crippen molar-refractivity contribution in [3.8, 4) is 5.88 Å². The molecule has 0 spiro atoms. The molecule has 0 saturated heterocycles. The molecule has 7 nitrogen and oxygen atoms in total. The van der Waals surface area contributed by atoms with Crippen molar-refractivity contribution in [3.63, 3.8) is 0 Å². The summed E-state index contributed by atoms with van der Waals surface area (Å²) < 4.78 is 5.08. The minimum atomic E-state index is -0.247. The minimum Gasteiger partial charge on any atom is -0.481 e. The molecule has 0 unspecified atom stereocenters. The van der Waals surface area contributed by atoms with Gasteiger partial charge in [-0.3, -0.25) is 9.79 Å². The summed E-state index contributed by atoms with van der Waals surface area (Å²) >= 11 is 0. The number of rotatable bonds is 5. The Labute approximate surface area is 131 Å². The molecule has 122 valence electrons. The van der Waals surface area contributed by atoms with Crippen LogP contribution in [0.5, 0.6) is 5.88 Å². The molecule has 0 aliphatic carbocycles. The van der Waals surface area contributed by atoms with Gasteiger partial charge >= 0.3 is 0 Å². The summed E-state index contributed by atoms with van der Waals surface area (Å²) in [6.45, 7) is 6.54. The zero-order chi connectivity index (χ0) is 16.6. The monoisotopic (exact) mass is 307 g/mol. The fraction of sp³-hybridized carbons (Fsp3) is 0.533. The summed E-state index contributed by atoms with van der Waals surface area (Å²) in [4.78, 5) is 19.9. The Morgan fingerprint density at radius 2 is 2.09 bits per heavy atom. The zero-order valence-corrected chi connectivity index (χ0v) is 13.9. The van der Waals surface area contributed by atoms with Gasteiger partial charge in [-0.1, -0.05) is 0 Å². The lowest BCUT2D eigenvalue weighted by Gasteiger charge is -2.21. The van der Waals surface area contributed by atoms with Crippen LogP contribution in [0, 0.1) is 0 Å². The quantitative estimate of drug-likeness (QED) is 0.550. The van der Waals surface area contributed by atoms with Crippen molar-refractivity contribution < 1.29 is 9.53 Å². The van der Waals surface area contributed by atoms with Gasteiger partial charge in [0.25, 0.3) is 0 Å². The fourth-order valence-corrected chi connectivity index (χ4v) is 1.70. The number of carbonyl (C=O) groups excluding carboxylic acids is 1. The van der Waals surface area contributed by atoms with Crippen LogP contribution in [0.3, 0.4) is 0 Å². The van der Waals surface area contributed by atoms with Crippen molar-refractivity contribution in [2.45, 2.75) is 32.9 Å². The first kappa shape index (κ1) is 17.7. The lowest BCUT2D eigenvalue weighted by molar-refractivity contribution is -0.121. The molecule has 0 bridgehead atoms. The number of nitrogens with one attached hydrogen (secondary N) is 3. The third-order valence-corrected chi connectivity index (χ3v) is 2.62. The number of pyridine rings is 1. The van der Waals surface area contributed by atoms with E-state index in [1.54, 1.807) is 20.4 Å². The van der Waals surface area contributed by atoms with Crippen LogP contribution in [0.25, 0.3) is 0 Å². The SMILES string of the molecule is CN=C(NCC(=O)NC(C)(C)C)NCc1ccnc(OC)c1. The van der Waals surface area contributed by atoms with Gasteiger partial charge in [-0.25, -0.2) is 4.98 Å². The highest BCUT2D eigenvalue weighted by Crippen LogP contribution is 2.07. The number of hydrogen-bond donors (Lipinski definition) is 3. The molecule has 0 aliphatic rings. The van der Waals surface area contributed by atoms with E-state index in [-0.39, 0.29) is 18.0 Å². The van der Waals surface area contributed by atoms with Crippen molar-refractivity contribution >= 4 is 11.9 Å². The number of carbonyl (C=O) groups is 1. The summed E-state index contributed by atoms with van der Waals surface area (Å²) in [5.74, 6) is 1.03. The average molecular weight is 307 g/mol. The molecule has 7 heteroatoms. The van der Waals surface area contributed by atoms with Gasteiger partial charge in [-0.2, -0.15) is 0 Å². The lowest BCUT2D eigenvalue weighted by Crippen LogP contribution is -2.48. The first-order chi connectivity index (χ1) is 10.3. The number of ether oxygens (including phenoxy) is 1. The third kappa shape index (κ3) is 6.92. The van der Waals surface area contributed by atoms with Crippen molar-refractivity contribution in [1.29, 1.82) is 0 Å². The van der Waals surface area contributed by atoms with Crippen molar-refractivity contribution in [3.05, 3.63) is 23.9 Å². The van der Waals surface area contributed by atoms with E-state index in [2.05, 4.69) is 25.9 Å². The Kier molecular flexibility index (Phi) is 6.62. The molecule has 0 aromatic carbocycles. The molecule has 0 fully saturated rings. The van der Waals surface area contributed by atoms with Crippen molar-refractivity contribution in [1.82, 2.24) is 20.9 Å². The number of hydrogen-bond acceptors (Lipinski definition) is 4. The van der Waals surface area contributed by atoms with Gasteiger partial charge < -0.3 is 20.7 Å². The van der Waals surface area contributed by atoms with E-state index >= 15 is 0 Å². The maximum atomic E-state index is 11.8. The standard InChI is InChI=1S/C15H25N5O2/c1-15(2,3)20-12(21)10-19-14(16-4)18-9-11-6-7-17-13(8-11)22-5/h6-8H,9-10H2,1-5H3,(H,20,21)(H2,16,18,19). The molecular weight excluding hydrogens is 282 g/mol. The second-order valence-electron chi connectivity index (χ2n) is 5.78. The van der Waals surface area contributed by atoms with Crippen LogP contribution in [-0.2, 0) is 11.3 Å². The summed E-state index contributed by atoms with van der Waals surface area (Å²) in [6.07, 6.45) is 1.68. The lowest BCUT2D eigenvalue weighted by atomic mass is 10.1. The molecule has 1 aromatic heterocycles. The smallest absolute Gasteiger partial charge is 0.239 e. The molecule has 1 heterocycles. The molecule has 0 aliphatic heterocycles. The fourth-order valence-electron chi connectivity index (χ4n) is 1.70. The Bertz CT molecular complexity index is 523. The van der Waals surface area contributed by atoms with E-state index in [9.17, 15) is 4.79 Å². The molecule has 0 atom stereocenters. The topological polar surface area (TPSA) is 87.6 Å². The number of aromatic nitrogens is 1. The summed E-state index contributed by atoms with van der Waals surface area (Å²) in [5, 5.41) is 8.98. The second kappa shape index (κ2) is 8.21. The number of methoxy groups -OCH3 is 1. The molecule has 1 amide bonds. The molecular formula is C15H25N5O2. The first-order valence-electron chi connectivity index (χ1n) is 7.08. The second-order valence-corrected chi connectivity index (χ2v) is 5.78. The number of aliphatic imine (C=N–C) groups is 1. The Hall–Kier alpha value is -2.31. The van der Waals surface area contributed by atoms with Gasteiger partial charge in [0.2, 0.25) is 11.8 Å². The van der Waals surface area contributed by atoms with E-state index in [4.69, 9.17) is 4.74 Å². The van der Waals surface area contributed by atoms with Crippen LogP contribution in [0.1, 0.15) is 26.3 Å². The van der Waals surface area contributed by atoms with Crippen LogP contribution in [0.2, 0.25) is 0 Å². The average Bonchev–Trinajstić information content (AvgIpc) is 2.46. The van der Waals surface area contributed by atoms with E-state index in [0.29, 0.717) is 18.4 Å². The molecule has 1 aromatic rings. The highest BCUT2D eigenvalue weighted by atomic mass is 16.5. The van der Waals surface area contributed by atoms with Gasteiger partial charge in [0.05, 0.1) is 13.7 Å². The highest BCUT2D eigenvalue weighted by Gasteiger charge is 2.13. The van der Waals surface area contributed by atoms with Gasteiger partial charge in [0.15, 0.2) is 5.96 Å². The Balaban J connectivity index is 2.44. The predicted octanol–water partition coefficient (Wildman–Crippen LogP) is 0.670. The highest BCUT2D eigenvalue weighted by molar-refractivity contribution is 5.86. The summed E-state index contributed by atoms with van der Waals surface area (Å²) in [7, 11) is 3.23. The largest absolute Gasteiger partial charge is 0.481 e. The van der Waals surface area contributed by atoms with Crippen LogP contribution in [-0.4, -0.2) is 43.1 Å². The van der Waals surface area contributed by atoms with E-state index < -0.39 is 0 Å². The number of nitrogens with zero attached hydrogens (tertiary/aromatic N) is 2. The van der Waals surface area contributed by atoms with Crippen LogP contribution < -0.4 is 20.7 Å². The van der Waals surface area contributed by atoms with E-state index in [0.717, 1.165) is 5.56 Å². The van der Waals surface area contributed by atoms with Crippen LogP contribution in [0.15, 0.2) is 23.3 Å². The molecule has 22 heavy (non-hydrogen) atoms. The van der Waals surface area contributed by atoms with Crippen molar-refractivity contribution in [2.24, 2.45) is 4.99 Å². The molecule has 0 radical (unpaired) electrons. The molecule has 1 rings (SSSR count). The van der Waals surface area contributed by atoms with Gasteiger partial charge in [0.1, 0.15) is 0 Å². The summed E-state index contributed by atoms with van der Waals surface area (Å²) in [5.41, 5.74) is 0.762. The van der Waals surface area contributed by atoms with Gasteiger partial charge in [0, 0.05) is 31.4 Å². The number of guanidine groups is 1.